The molecular formula is C16H23NO3S. The van der Waals surface area contributed by atoms with Crippen LogP contribution >= 0.6 is 11.8 Å². The molecular weight excluding hydrogens is 286 g/mol. The van der Waals surface area contributed by atoms with Crippen LogP contribution in [-0.2, 0) is 16.0 Å². The lowest BCUT2D eigenvalue weighted by Crippen LogP contribution is -2.37. The number of thioether (sulfide) groups is 1. The van der Waals surface area contributed by atoms with Crippen molar-refractivity contribution in [2.45, 2.75) is 31.9 Å². The van der Waals surface area contributed by atoms with Gasteiger partial charge in [0.1, 0.15) is 6.54 Å². The van der Waals surface area contributed by atoms with Crippen LogP contribution in [0.3, 0.4) is 0 Å². The molecule has 1 unspecified atom stereocenters. The van der Waals surface area contributed by atoms with Crippen LogP contribution in [0.5, 0.6) is 0 Å². The van der Waals surface area contributed by atoms with Gasteiger partial charge in [-0.05, 0) is 12.0 Å². The molecule has 0 heterocycles. The average Bonchev–Trinajstić information content (AvgIpc) is 2.39. The molecule has 1 rings (SSSR count). The van der Waals surface area contributed by atoms with E-state index in [0.29, 0.717) is 18.2 Å². The lowest BCUT2D eigenvalue weighted by atomic mass is 10.0. The number of hydrogen-bond donors (Lipinski definition) is 2. The second kappa shape index (κ2) is 8.08. The first-order chi connectivity index (χ1) is 10.2. The van der Waals surface area contributed by atoms with Crippen molar-refractivity contribution in [3.63, 3.8) is 0 Å². The Labute approximate surface area is 131 Å². The van der Waals surface area contributed by atoms with Gasteiger partial charge in [-0.3, -0.25) is 9.59 Å². The third-order valence-electron chi connectivity index (χ3n) is 2.76. The SMILES string of the molecule is [2H]c1cccc(CC(CSC(C)(C)C)C(=O)NCC(=O)O)c1. The molecule has 0 aromatic heterocycles. The lowest BCUT2D eigenvalue weighted by molar-refractivity contribution is -0.138. The number of carboxylic acids is 1. The van der Waals surface area contributed by atoms with Crippen molar-refractivity contribution in [2.24, 2.45) is 5.92 Å². The van der Waals surface area contributed by atoms with Crippen molar-refractivity contribution in [1.82, 2.24) is 5.32 Å². The second-order valence-corrected chi connectivity index (χ2v) is 7.69. The minimum atomic E-state index is -1.05. The molecule has 0 aliphatic carbocycles. The number of hydrogen-bond acceptors (Lipinski definition) is 3. The van der Waals surface area contributed by atoms with Gasteiger partial charge in [-0.2, -0.15) is 11.8 Å². The van der Waals surface area contributed by atoms with E-state index in [1.54, 1.807) is 30.0 Å². The van der Waals surface area contributed by atoms with Gasteiger partial charge in [0, 0.05) is 10.5 Å². The number of aliphatic carboxylic acids is 1. The molecule has 0 saturated carbocycles. The summed E-state index contributed by atoms with van der Waals surface area (Å²) < 4.78 is 7.67. The molecule has 4 nitrogen and oxygen atoms in total. The monoisotopic (exact) mass is 310 g/mol. The van der Waals surface area contributed by atoms with E-state index < -0.39 is 5.97 Å². The molecule has 5 heteroatoms. The molecule has 0 fully saturated rings. The molecule has 0 radical (unpaired) electrons. The molecule has 0 saturated heterocycles. The first-order valence-corrected chi connectivity index (χ1v) is 7.85. The van der Waals surface area contributed by atoms with E-state index in [0.717, 1.165) is 5.56 Å². The largest absolute Gasteiger partial charge is 0.480 e. The van der Waals surface area contributed by atoms with Gasteiger partial charge in [0.15, 0.2) is 0 Å². The van der Waals surface area contributed by atoms with Gasteiger partial charge in [-0.25, -0.2) is 0 Å². The highest BCUT2D eigenvalue weighted by atomic mass is 32.2. The van der Waals surface area contributed by atoms with Crippen LogP contribution in [0.2, 0.25) is 0 Å². The predicted molar refractivity (Wildman–Crippen MR) is 86.5 cm³/mol. The van der Waals surface area contributed by atoms with Crippen LogP contribution in [0.25, 0.3) is 0 Å². The molecule has 0 aliphatic heterocycles. The first-order valence-electron chi connectivity index (χ1n) is 7.36. The minimum Gasteiger partial charge on any atom is -0.480 e. The fourth-order valence-electron chi connectivity index (χ4n) is 1.73. The number of carbonyl (C=O) groups is 2. The van der Waals surface area contributed by atoms with E-state index in [4.69, 9.17) is 6.48 Å². The number of carbonyl (C=O) groups excluding carboxylic acids is 1. The van der Waals surface area contributed by atoms with Gasteiger partial charge in [-0.15, -0.1) is 0 Å². The van der Waals surface area contributed by atoms with E-state index in [9.17, 15) is 9.59 Å². The Morgan fingerprint density at radius 3 is 2.67 bits per heavy atom. The van der Waals surface area contributed by atoms with E-state index in [2.05, 4.69) is 26.1 Å². The Morgan fingerprint density at radius 1 is 1.38 bits per heavy atom. The highest BCUT2D eigenvalue weighted by Crippen LogP contribution is 2.26. The molecule has 0 aliphatic rings. The molecule has 21 heavy (non-hydrogen) atoms. The van der Waals surface area contributed by atoms with Gasteiger partial charge in [0.05, 0.1) is 7.29 Å². The molecule has 0 bridgehead atoms. The van der Waals surface area contributed by atoms with Crippen LogP contribution in [0.4, 0.5) is 0 Å². The predicted octanol–water partition coefficient (Wildman–Crippen LogP) is 2.58. The van der Waals surface area contributed by atoms with Crippen LogP contribution < -0.4 is 5.32 Å². The van der Waals surface area contributed by atoms with Crippen molar-refractivity contribution in [1.29, 1.82) is 0 Å². The Hall–Kier alpha value is -1.49. The standard InChI is InChI=1S/C16H23NO3S/c1-16(2,3)21-11-13(15(20)17-10-14(18)19)9-12-7-5-4-6-8-12/h4-8,13H,9-11H2,1-3H3,(H,17,20)(H,18,19)/i5D. The summed E-state index contributed by atoms with van der Waals surface area (Å²) >= 11 is 1.67. The van der Waals surface area contributed by atoms with Crippen LogP contribution in [0, 0.1) is 5.92 Å². The third-order valence-corrected chi connectivity index (χ3v) is 4.19. The Balaban J connectivity index is 2.76. The Morgan fingerprint density at radius 2 is 2.10 bits per heavy atom. The van der Waals surface area contributed by atoms with Crippen LogP contribution in [-0.4, -0.2) is 34.0 Å². The Bertz CT molecular complexity index is 528. The van der Waals surface area contributed by atoms with Gasteiger partial charge in [-0.1, -0.05) is 51.1 Å². The number of rotatable bonds is 7. The zero-order chi connectivity index (χ0) is 16.8. The van der Waals surface area contributed by atoms with E-state index in [-0.39, 0.29) is 23.1 Å². The van der Waals surface area contributed by atoms with Gasteiger partial charge >= 0.3 is 5.97 Å². The van der Waals surface area contributed by atoms with Crippen molar-refractivity contribution in [3.8, 4) is 0 Å². The maximum absolute atomic E-state index is 12.2. The summed E-state index contributed by atoms with van der Waals surface area (Å²) in [4.78, 5) is 22.8. The maximum atomic E-state index is 12.2. The summed E-state index contributed by atoms with van der Waals surface area (Å²) in [6.45, 7) is 5.87. The normalized spacial score (nSPS) is 13.4. The van der Waals surface area contributed by atoms with Crippen LogP contribution in [0.1, 0.15) is 27.7 Å². The molecule has 2 N–H and O–H groups in total. The molecule has 1 aromatic carbocycles. The summed E-state index contributed by atoms with van der Waals surface area (Å²) in [6.07, 6.45) is 0.501. The summed E-state index contributed by atoms with van der Waals surface area (Å²) in [5.74, 6) is -1.01. The van der Waals surface area contributed by atoms with Crippen LogP contribution in [0.15, 0.2) is 30.3 Å². The summed E-state index contributed by atoms with van der Waals surface area (Å²) in [7, 11) is 0. The third kappa shape index (κ3) is 7.75. The topological polar surface area (TPSA) is 66.4 Å². The van der Waals surface area contributed by atoms with Crippen molar-refractivity contribution in [2.75, 3.05) is 12.3 Å². The summed E-state index contributed by atoms with van der Waals surface area (Å²) in [5.41, 5.74) is 0.914. The highest BCUT2D eigenvalue weighted by molar-refractivity contribution is 8.00. The van der Waals surface area contributed by atoms with E-state index in [1.807, 2.05) is 6.07 Å². The summed E-state index contributed by atoms with van der Waals surface area (Å²) in [6, 6.07) is 7.51. The number of amides is 1. The summed E-state index contributed by atoms with van der Waals surface area (Å²) in [5, 5.41) is 11.1. The maximum Gasteiger partial charge on any atom is 0.322 e. The quantitative estimate of drug-likeness (QED) is 0.812. The molecule has 1 atom stereocenters. The van der Waals surface area contributed by atoms with Crippen molar-refractivity contribution < 1.29 is 16.1 Å². The molecule has 1 aromatic rings. The average molecular weight is 310 g/mol. The molecule has 116 valence electrons. The van der Waals surface area contributed by atoms with Gasteiger partial charge in [0.25, 0.3) is 0 Å². The van der Waals surface area contributed by atoms with Crippen molar-refractivity contribution >= 4 is 23.6 Å². The number of carboxylic acid groups (broad SMARTS) is 1. The van der Waals surface area contributed by atoms with Crippen molar-refractivity contribution in [3.05, 3.63) is 35.9 Å². The van der Waals surface area contributed by atoms with Gasteiger partial charge < -0.3 is 10.4 Å². The molecule has 0 spiro atoms. The minimum absolute atomic E-state index is 0.0304. The smallest absolute Gasteiger partial charge is 0.322 e. The number of nitrogens with one attached hydrogen (secondary N) is 1. The highest BCUT2D eigenvalue weighted by Gasteiger charge is 2.22. The second-order valence-electron chi connectivity index (χ2n) is 5.85. The Kier molecular flexibility index (Phi) is 6.11. The fraction of sp³-hybridized carbons (Fsp3) is 0.500. The fourth-order valence-corrected chi connectivity index (χ4v) is 2.70. The van der Waals surface area contributed by atoms with E-state index >= 15 is 0 Å². The zero-order valence-corrected chi connectivity index (χ0v) is 13.5. The first kappa shape index (κ1) is 15.9. The zero-order valence-electron chi connectivity index (χ0n) is 13.7. The van der Waals surface area contributed by atoms with Gasteiger partial charge in [0.2, 0.25) is 5.91 Å². The number of benzene rings is 1. The van der Waals surface area contributed by atoms with E-state index in [1.165, 1.54) is 0 Å². The lowest BCUT2D eigenvalue weighted by Gasteiger charge is -2.22. The molecule has 1 amide bonds.